The van der Waals surface area contributed by atoms with E-state index < -0.39 is 10.0 Å². The molecule has 1 rings (SSSR count). The van der Waals surface area contributed by atoms with Crippen LogP contribution < -0.4 is 10.0 Å². The van der Waals surface area contributed by atoms with Gasteiger partial charge in [-0.25, -0.2) is 13.1 Å². The zero-order chi connectivity index (χ0) is 12.7. The Morgan fingerprint density at radius 1 is 1.24 bits per heavy atom. The van der Waals surface area contributed by atoms with Crippen molar-refractivity contribution in [1.29, 1.82) is 0 Å². The number of hydrogen-bond acceptors (Lipinski definition) is 3. The molecule has 0 unspecified atom stereocenters. The molecule has 0 saturated heterocycles. The molecule has 0 heterocycles. The molecule has 0 fully saturated rings. The van der Waals surface area contributed by atoms with Crippen LogP contribution in [0.25, 0.3) is 0 Å². The maximum absolute atomic E-state index is 11.6. The van der Waals surface area contributed by atoms with E-state index in [-0.39, 0.29) is 4.90 Å². The third-order valence-corrected chi connectivity index (χ3v) is 3.62. The topological polar surface area (TPSA) is 58.2 Å². The van der Waals surface area contributed by atoms with Gasteiger partial charge in [0, 0.05) is 12.2 Å². The van der Waals surface area contributed by atoms with E-state index in [1.54, 1.807) is 38.1 Å². The number of nitrogens with one attached hydrogen (secondary N) is 2. The number of benzene rings is 1. The molecule has 0 aliphatic rings. The monoisotopic (exact) mass is 252 g/mol. The first-order valence-electron chi connectivity index (χ1n) is 5.33. The van der Waals surface area contributed by atoms with E-state index in [2.05, 4.69) is 21.9 Å². The molecule has 0 aliphatic heterocycles. The molecule has 0 aliphatic carbocycles. The van der Waals surface area contributed by atoms with Crippen LogP contribution in [0, 0.1) is 11.8 Å². The highest BCUT2D eigenvalue weighted by molar-refractivity contribution is 7.89. The molecule has 0 aromatic heterocycles. The van der Waals surface area contributed by atoms with Crippen molar-refractivity contribution in [1.82, 2.24) is 4.72 Å². The van der Waals surface area contributed by atoms with Gasteiger partial charge in [0.2, 0.25) is 10.0 Å². The SMILES string of the molecule is CC#CCNc1ccc(S(=O)(=O)NCC)cc1. The fourth-order valence-electron chi connectivity index (χ4n) is 1.26. The lowest BCUT2D eigenvalue weighted by atomic mass is 10.3. The summed E-state index contributed by atoms with van der Waals surface area (Å²) in [6.07, 6.45) is 0. The summed E-state index contributed by atoms with van der Waals surface area (Å²) in [6, 6.07) is 6.59. The maximum Gasteiger partial charge on any atom is 0.240 e. The van der Waals surface area contributed by atoms with Crippen molar-refractivity contribution in [3.05, 3.63) is 24.3 Å². The summed E-state index contributed by atoms with van der Waals surface area (Å²) in [7, 11) is -3.36. The molecule has 1 aromatic rings. The number of anilines is 1. The molecule has 2 N–H and O–H groups in total. The Morgan fingerprint density at radius 2 is 1.88 bits per heavy atom. The highest BCUT2D eigenvalue weighted by Crippen LogP contribution is 2.13. The Bertz CT molecular complexity index is 510. The number of rotatable bonds is 5. The van der Waals surface area contributed by atoms with Crippen molar-refractivity contribution in [2.24, 2.45) is 0 Å². The molecule has 0 amide bonds. The minimum Gasteiger partial charge on any atom is -0.374 e. The van der Waals surface area contributed by atoms with Crippen LogP contribution in [0.15, 0.2) is 29.2 Å². The predicted octanol–water partition coefficient (Wildman–Crippen LogP) is 1.42. The van der Waals surface area contributed by atoms with Crippen LogP contribution in [0.2, 0.25) is 0 Å². The molecule has 17 heavy (non-hydrogen) atoms. The molecule has 0 saturated carbocycles. The Balaban J connectivity index is 2.76. The first-order valence-corrected chi connectivity index (χ1v) is 6.81. The minimum absolute atomic E-state index is 0.270. The van der Waals surface area contributed by atoms with E-state index in [9.17, 15) is 8.42 Å². The first kappa shape index (κ1) is 13.6. The highest BCUT2D eigenvalue weighted by atomic mass is 32.2. The fourth-order valence-corrected chi connectivity index (χ4v) is 2.30. The largest absolute Gasteiger partial charge is 0.374 e. The van der Waals surface area contributed by atoms with Crippen LogP contribution in [0.4, 0.5) is 5.69 Å². The molecular weight excluding hydrogens is 236 g/mol. The summed E-state index contributed by atoms with van der Waals surface area (Å²) in [4.78, 5) is 0.270. The summed E-state index contributed by atoms with van der Waals surface area (Å²) in [5, 5.41) is 3.07. The van der Waals surface area contributed by atoms with Gasteiger partial charge in [-0.05, 0) is 31.2 Å². The summed E-state index contributed by atoms with van der Waals surface area (Å²) in [5.74, 6) is 5.64. The summed E-state index contributed by atoms with van der Waals surface area (Å²) in [5.41, 5.74) is 0.850. The maximum atomic E-state index is 11.6. The van der Waals surface area contributed by atoms with E-state index in [4.69, 9.17) is 0 Å². The summed E-state index contributed by atoms with van der Waals surface area (Å²) < 4.78 is 25.7. The highest BCUT2D eigenvalue weighted by Gasteiger charge is 2.11. The van der Waals surface area contributed by atoms with Gasteiger partial charge >= 0.3 is 0 Å². The molecule has 0 bridgehead atoms. The van der Waals surface area contributed by atoms with Crippen molar-refractivity contribution < 1.29 is 8.42 Å². The van der Waals surface area contributed by atoms with Crippen molar-refractivity contribution >= 4 is 15.7 Å². The third-order valence-electron chi connectivity index (χ3n) is 2.06. The van der Waals surface area contributed by atoms with Gasteiger partial charge in [-0.3, -0.25) is 0 Å². The summed E-state index contributed by atoms with van der Waals surface area (Å²) in [6.45, 7) is 4.45. The third kappa shape index (κ3) is 4.10. The molecule has 5 heteroatoms. The van der Waals surface area contributed by atoms with Crippen LogP contribution in [0.3, 0.4) is 0 Å². The van der Waals surface area contributed by atoms with E-state index in [0.29, 0.717) is 13.1 Å². The summed E-state index contributed by atoms with van der Waals surface area (Å²) >= 11 is 0. The fraction of sp³-hybridized carbons (Fsp3) is 0.333. The Hall–Kier alpha value is -1.51. The average molecular weight is 252 g/mol. The second kappa shape index (κ2) is 6.28. The van der Waals surface area contributed by atoms with Gasteiger partial charge in [0.25, 0.3) is 0 Å². The van der Waals surface area contributed by atoms with Gasteiger partial charge in [0.15, 0.2) is 0 Å². The van der Waals surface area contributed by atoms with Gasteiger partial charge in [0.1, 0.15) is 0 Å². The lowest BCUT2D eigenvalue weighted by Crippen LogP contribution is -2.23. The standard InChI is InChI=1S/C12H16N2O2S/c1-3-5-10-13-11-6-8-12(9-7-11)17(15,16)14-4-2/h6-9,13-14H,4,10H2,1-2H3. The molecule has 0 radical (unpaired) electrons. The van der Waals surface area contributed by atoms with Gasteiger partial charge in [-0.15, -0.1) is 5.92 Å². The lowest BCUT2D eigenvalue weighted by molar-refractivity contribution is 0.584. The lowest BCUT2D eigenvalue weighted by Gasteiger charge is -2.06. The number of sulfonamides is 1. The molecule has 0 atom stereocenters. The average Bonchev–Trinajstić information content (AvgIpc) is 2.30. The van der Waals surface area contributed by atoms with E-state index in [1.165, 1.54) is 0 Å². The Kier molecular flexibility index (Phi) is 5.01. The van der Waals surface area contributed by atoms with Gasteiger partial charge < -0.3 is 5.32 Å². The minimum atomic E-state index is -3.36. The van der Waals surface area contributed by atoms with Gasteiger partial charge in [0.05, 0.1) is 11.4 Å². The molecule has 4 nitrogen and oxygen atoms in total. The second-order valence-corrected chi connectivity index (χ2v) is 5.07. The molecule has 92 valence electrons. The van der Waals surface area contributed by atoms with E-state index in [0.717, 1.165) is 5.69 Å². The normalized spacial score (nSPS) is 10.5. The van der Waals surface area contributed by atoms with Gasteiger partial charge in [-0.2, -0.15) is 0 Å². The van der Waals surface area contributed by atoms with Crippen LogP contribution in [0.5, 0.6) is 0 Å². The predicted molar refractivity (Wildman–Crippen MR) is 69.2 cm³/mol. The smallest absolute Gasteiger partial charge is 0.240 e. The van der Waals surface area contributed by atoms with Crippen molar-refractivity contribution in [3.63, 3.8) is 0 Å². The molecule has 0 spiro atoms. The van der Waals surface area contributed by atoms with E-state index in [1.807, 2.05) is 0 Å². The molecular formula is C12H16N2O2S. The molecule has 1 aromatic carbocycles. The van der Waals surface area contributed by atoms with Crippen LogP contribution >= 0.6 is 0 Å². The van der Waals surface area contributed by atoms with Crippen molar-refractivity contribution in [2.75, 3.05) is 18.4 Å². The van der Waals surface area contributed by atoms with Crippen molar-refractivity contribution in [2.45, 2.75) is 18.7 Å². The van der Waals surface area contributed by atoms with Crippen molar-refractivity contribution in [3.8, 4) is 11.8 Å². The Morgan fingerprint density at radius 3 is 2.41 bits per heavy atom. The van der Waals surface area contributed by atoms with Crippen LogP contribution in [0.1, 0.15) is 13.8 Å². The zero-order valence-electron chi connectivity index (χ0n) is 9.95. The van der Waals surface area contributed by atoms with E-state index >= 15 is 0 Å². The van der Waals surface area contributed by atoms with Gasteiger partial charge in [-0.1, -0.05) is 12.8 Å². The first-order chi connectivity index (χ1) is 8.10. The Labute approximate surface area is 102 Å². The second-order valence-electron chi connectivity index (χ2n) is 3.31. The number of hydrogen-bond donors (Lipinski definition) is 2. The zero-order valence-corrected chi connectivity index (χ0v) is 10.8. The quantitative estimate of drug-likeness (QED) is 0.779. The van der Waals surface area contributed by atoms with Crippen LogP contribution in [-0.2, 0) is 10.0 Å². The van der Waals surface area contributed by atoms with Crippen LogP contribution in [-0.4, -0.2) is 21.5 Å².